The summed E-state index contributed by atoms with van der Waals surface area (Å²) < 4.78 is 23.2. The molecule has 114 valence electrons. The normalized spacial score (nSPS) is 21.0. The molecule has 0 radical (unpaired) electrons. The van der Waals surface area contributed by atoms with Gasteiger partial charge < -0.3 is 10.0 Å². The van der Waals surface area contributed by atoms with Crippen LogP contribution in [0.15, 0.2) is 12.4 Å². The molecule has 21 heavy (non-hydrogen) atoms. The number of rotatable bonds is 3. The van der Waals surface area contributed by atoms with Crippen LogP contribution in [-0.4, -0.2) is 64.4 Å². The fourth-order valence-corrected chi connectivity index (χ4v) is 3.79. The summed E-state index contributed by atoms with van der Waals surface area (Å²) in [5.74, 6) is -2.33. The molecule has 1 aromatic rings. The van der Waals surface area contributed by atoms with Crippen LogP contribution in [0.2, 0.25) is 5.15 Å². The van der Waals surface area contributed by atoms with E-state index in [1.807, 2.05) is 0 Å². The molecule has 2 heterocycles. The van der Waals surface area contributed by atoms with E-state index in [9.17, 15) is 18.0 Å². The third-order valence-corrected chi connectivity index (χ3v) is 4.90. The summed E-state index contributed by atoms with van der Waals surface area (Å²) in [7, 11) is -3.35. The van der Waals surface area contributed by atoms with Gasteiger partial charge in [-0.2, -0.15) is 0 Å². The van der Waals surface area contributed by atoms with Crippen molar-refractivity contribution in [2.24, 2.45) is 0 Å². The molecule has 1 aliphatic rings. The molecule has 0 aromatic carbocycles. The van der Waals surface area contributed by atoms with Gasteiger partial charge in [0.05, 0.1) is 36.4 Å². The smallest absolute Gasteiger partial charge is 0.305 e. The second kappa shape index (κ2) is 5.94. The van der Waals surface area contributed by atoms with Crippen LogP contribution in [0, 0.1) is 0 Å². The molecular weight excluding hydrogens is 322 g/mol. The Kier molecular flexibility index (Phi) is 4.43. The molecule has 1 N–H and O–H groups in total. The van der Waals surface area contributed by atoms with Gasteiger partial charge in [-0.3, -0.25) is 14.6 Å². The Bertz CT molecular complexity index is 678. The first-order chi connectivity index (χ1) is 9.78. The Morgan fingerprint density at radius 2 is 2.14 bits per heavy atom. The molecule has 1 aromatic heterocycles. The number of carboxylic acids is 1. The van der Waals surface area contributed by atoms with E-state index in [-0.39, 0.29) is 28.9 Å². The predicted octanol–water partition coefficient (Wildman–Crippen LogP) is -0.156. The second-order valence-corrected chi connectivity index (χ2v) is 7.21. The fourth-order valence-electron chi connectivity index (χ4n) is 2.12. The van der Waals surface area contributed by atoms with Crippen molar-refractivity contribution < 1.29 is 23.1 Å². The molecule has 0 bridgehead atoms. The third-order valence-electron chi connectivity index (χ3n) is 3.03. The zero-order chi connectivity index (χ0) is 15.6. The summed E-state index contributed by atoms with van der Waals surface area (Å²) in [5.41, 5.74) is -0.0443. The van der Waals surface area contributed by atoms with Gasteiger partial charge in [-0.15, -0.1) is 0 Å². The van der Waals surface area contributed by atoms with E-state index < -0.39 is 34.2 Å². The van der Waals surface area contributed by atoms with E-state index in [1.54, 1.807) is 0 Å². The van der Waals surface area contributed by atoms with Crippen LogP contribution in [0.25, 0.3) is 0 Å². The number of amides is 1. The summed E-state index contributed by atoms with van der Waals surface area (Å²) >= 11 is 5.66. The Balaban J connectivity index is 2.27. The van der Waals surface area contributed by atoms with Crippen molar-refractivity contribution in [1.29, 1.82) is 0 Å². The first-order valence-electron chi connectivity index (χ1n) is 5.99. The number of carbonyl (C=O) groups is 2. The van der Waals surface area contributed by atoms with Gasteiger partial charge in [-0.25, -0.2) is 13.4 Å². The number of hydrogen-bond acceptors (Lipinski definition) is 6. The highest BCUT2D eigenvalue weighted by Crippen LogP contribution is 2.18. The van der Waals surface area contributed by atoms with Gasteiger partial charge in [0.1, 0.15) is 10.8 Å². The van der Waals surface area contributed by atoms with Crippen molar-refractivity contribution >= 4 is 33.3 Å². The van der Waals surface area contributed by atoms with E-state index in [4.69, 9.17) is 16.7 Å². The van der Waals surface area contributed by atoms with Crippen molar-refractivity contribution in [3.05, 3.63) is 23.2 Å². The average molecular weight is 334 g/mol. The summed E-state index contributed by atoms with van der Waals surface area (Å²) in [6, 6.07) is -0.922. The SMILES string of the molecule is O=C(O)CC1CS(=O)(=O)CCN1C(=O)c1cncc(Cl)n1. The zero-order valence-corrected chi connectivity index (χ0v) is 12.3. The number of aromatic nitrogens is 2. The van der Waals surface area contributed by atoms with Crippen LogP contribution in [0.4, 0.5) is 0 Å². The Morgan fingerprint density at radius 1 is 1.43 bits per heavy atom. The van der Waals surface area contributed by atoms with Gasteiger partial charge in [-0.1, -0.05) is 11.6 Å². The second-order valence-electron chi connectivity index (χ2n) is 4.59. The zero-order valence-electron chi connectivity index (χ0n) is 10.8. The summed E-state index contributed by atoms with van der Waals surface area (Å²) in [5, 5.41) is 8.90. The fraction of sp³-hybridized carbons (Fsp3) is 0.455. The van der Waals surface area contributed by atoms with Gasteiger partial charge in [0, 0.05) is 6.54 Å². The lowest BCUT2D eigenvalue weighted by Crippen LogP contribution is -2.52. The molecule has 0 aliphatic carbocycles. The van der Waals surface area contributed by atoms with Crippen LogP contribution >= 0.6 is 11.6 Å². The minimum atomic E-state index is -3.35. The van der Waals surface area contributed by atoms with Crippen LogP contribution in [0.1, 0.15) is 16.9 Å². The quantitative estimate of drug-likeness (QED) is 0.816. The molecule has 1 amide bonds. The molecule has 10 heteroatoms. The van der Waals surface area contributed by atoms with Gasteiger partial charge in [0.15, 0.2) is 9.84 Å². The van der Waals surface area contributed by atoms with Gasteiger partial charge in [0.25, 0.3) is 5.91 Å². The summed E-state index contributed by atoms with van der Waals surface area (Å²) in [6.45, 7) is -0.0761. The molecule has 1 aliphatic heterocycles. The number of aliphatic carboxylic acids is 1. The minimum absolute atomic E-state index is 0.0280. The van der Waals surface area contributed by atoms with Crippen molar-refractivity contribution in [2.75, 3.05) is 18.1 Å². The van der Waals surface area contributed by atoms with E-state index in [1.165, 1.54) is 17.3 Å². The van der Waals surface area contributed by atoms with Gasteiger partial charge in [-0.05, 0) is 0 Å². The molecule has 0 saturated carbocycles. The van der Waals surface area contributed by atoms with Gasteiger partial charge in [0.2, 0.25) is 0 Å². The molecule has 2 rings (SSSR count). The van der Waals surface area contributed by atoms with E-state index in [0.717, 1.165) is 0 Å². The predicted molar refractivity (Wildman–Crippen MR) is 72.8 cm³/mol. The highest BCUT2D eigenvalue weighted by molar-refractivity contribution is 7.91. The topological polar surface area (TPSA) is 118 Å². The lowest BCUT2D eigenvalue weighted by molar-refractivity contribution is -0.138. The number of carboxylic acid groups (broad SMARTS) is 1. The largest absolute Gasteiger partial charge is 0.481 e. The summed E-state index contributed by atoms with van der Waals surface area (Å²) in [6.07, 6.45) is 2.02. The Hall–Kier alpha value is -1.74. The van der Waals surface area contributed by atoms with Crippen LogP contribution < -0.4 is 0 Å². The maximum absolute atomic E-state index is 12.3. The standard InChI is InChI=1S/C11H12ClN3O5S/c12-9-5-13-4-8(14-9)11(18)15-1-2-21(19,20)6-7(15)3-10(16)17/h4-5,7H,1-3,6H2,(H,16,17). The van der Waals surface area contributed by atoms with Crippen LogP contribution in [0.3, 0.4) is 0 Å². The van der Waals surface area contributed by atoms with E-state index in [0.29, 0.717) is 0 Å². The first-order valence-corrected chi connectivity index (χ1v) is 8.19. The van der Waals surface area contributed by atoms with Gasteiger partial charge >= 0.3 is 5.97 Å². The highest BCUT2D eigenvalue weighted by atomic mass is 35.5. The number of nitrogens with zero attached hydrogens (tertiary/aromatic N) is 3. The van der Waals surface area contributed by atoms with Crippen molar-refractivity contribution in [3.63, 3.8) is 0 Å². The first kappa shape index (κ1) is 15.6. The van der Waals surface area contributed by atoms with E-state index >= 15 is 0 Å². The molecule has 8 nitrogen and oxygen atoms in total. The Labute approximate surface area is 125 Å². The monoisotopic (exact) mass is 333 g/mol. The van der Waals surface area contributed by atoms with Crippen molar-refractivity contribution in [2.45, 2.75) is 12.5 Å². The highest BCUT2D eigenvalue weighted by Gasteiger charge is 2.36. The number of halogens is 1. The maximum Gasteiger partial charge on any atom is 0.305 e. The Morgan fingerprint density at radius 3 is 2.76 bits per heavy atom. The third kappa shape index (κ3) is 3.88. The van der Waals surface area contributed by atoms with Crippen molar-refractivity contribution in [3.8, 4) is 0 Å². The number of hydrogen-bond donors (Lipinski definition) is 1. The summed E-state index contributed by atoms with van der Waals surface area (Å²) in [4.78, 5) is 31.9. The van der Waals surface area contributed by atoms with Crippen molar-refractivity contribution in [1.82, 2.24) is 14.9 Å². The van der Waals surface area contributed by atoms with E-state index in [2.05, 4.69) is 9.97 Å². The minimum Gasteiger partial charge on any atom is -0.481 e. The number of sulfone groups is 1. The number of carbonyl (C=O) groups excluding carboxylic acids is 1. The van der Waals surface area contributed by atoms with Crippen LogP contribution in [-0.2, 0) is 14.6 Å². The average Bonchev–Trinajstić information content (AvgIpc) is 2.36. The molecule has 0 spiro atoms. The van der Waals surface area contributed by atoms with Crippen LogP contribution in [0.5, 0.6) is 0 Å². The molecule has 1 atom stereocenters. The molecule has 1 saturated heterocycles. The lowest BCUT2D eigenvalue weighted by atomic mass is 10.2. The lowest BCUT2D eigenvalue weighted by Gasteiger charge is -2.34. The molecule has 1 unspecified atom stereocenters. The maximum atomic E-state index is 12.3. The molecule has 1 fully saturated rings. The molecular formula is C11H12ClN3O5S.